The lowest BCUT2D eigenvalue weighted by molar-refractivity contribution is -0.137. The van der Waals surface area contributed by atoms with Crippen LogP contribution in [0, 0.1) is 0 Å². The van der Waals surface area contributed by atoms with Crippen molar-refractivity contribution < 1.29 is 9.90 Å². The summed E-state index contributed by atoms with van der Waals surface area (Å²) in [6.45, 7) is 0.437. The molecule has 1 N–H and O–H groups in total. The monoisotopic (exact) mass is 309 g/mol. The number of rotatable bonds is 4. The predicted molar refractivity (Wildman–Crippen MR) is 69.5 cm³/mol. The molecule has 0 amide bonds. The highest BCUT2D eigenvalue weighted by Crippen LogP contribution is 2.40. The second-order valence-corrected chi connectivity index (χ2v) is 5.45. The summed E-state index contributed by atoms with van der Waals surface area (Å²) in [5.41, 5.74) is 1.61. The summed E-state index contributed by atoms with van der Waals surface area (Å²) in [6, 6.07) is 1.92. The van der Waals surface area contributed by atoms with E-state index < -0.39 is 5.97 Å². The standard InChI is InChI=1S/C12H12BrN3O2/c13-8-5-9-12(14-6-8)16(4-3-10(17)18)11(15-9)7-1-2-7/h5-7H,1-4H2,(H,17,18). The molecule has 2 heterocycles. The van der Waals surface area contributed by atoms with E-state index in [0.29, 0.717) is 12.5 Å². The van der Waals surface area contributed by atoms with Crippen molar-refractivity contribution in [3.05, 3.63) is 22.6 Å². The van der Waals surface area contributed by atoms with Gasteiger partial charge in [-0.05, 0) is 34.8 Å². The minimum Gasteiger partial charge on any atom is -0.481 e. The Bertz CT molecular complexity index is 619. The van der Waals surface area contributed by atoms with Crippen LogP contribution in [-0.4, -0.2) is 25.6 Å². The van der Waals surface area contributed by atoms with Crippen molar-refractivity contribution in [2.24, 2.45) is 0 Å². The van der Waals surface area contributed by atoms with Gasteiger partial charge in [-0.2, -0.15) is 0 Å². The van der Waals surface area contributed by atoms with Gasteiger partial charge in [-0.15, -0.1) is 0 Å². The Morgan fingerprint density at radius 1 is 1.56 bits per heavy atom. The van der Waals surface area contributed by atoms with Crippen molar-refractivity contribution in [2.45, 2.75) is 31.7 Å². The normalized spacial score (nSPS) is 15.2. The first-order valence-corrected chi connectivity index (χ1v) is 6.68. The number of aryl methyl sites for hydroxylation is 1. The van der Waals surface area contributed by atoms with Gasteiger partial charge in [0.25, 0.3) is 0 Å². The molecule has 1 saturated carbocycles. The average molecular weight is 310 g/mol. The molecule has 0 aliphatic heterocycles. The first-order chi connectivity index (χ1) is 8.65. The van der Waals surface area contributed by atoms with Crippen LogP contribution in [0.4, 0.5) is 0 Å². The molecule has 0 aromatic carbocycles. The molecule has 2 aromatic heterocycles. The van der Waals surface area contributed by atoms with Gasteiger partial charge in [-0.3, -0.25) is 4.79 Å². The molecule has 0 bridgehead atoms. The first kappa shape index (κ1) is 11.6. The van der Waals surface area contributed by atoms with E-state index in [-0.39, 0.29) is 6.42 Å². The number of hydrogen-bond acceptors (Lipinski definition) is 3. The van der Waals surface area contributed by atoms with E-state index in [9.17, 15) is 4.79 Å². The molecule has 0 atom stereocenters. The lowest BCUT2D eigenvalue weighted by Crippen LogP contribution is -2.08. The van der Waals surface area contributed by atoms with Crippen LogP contribution in [-0.2, 0) is 11.3 Å². The molecule has 18 heavy (non-hydrogen) atoms. The molecule has 5 nitrogen and oxygen atoms in total. The second kappa shape index (κ2) is 4.35. The van der Waals surface area contributed by atoms with Crippen molar-refractivity contribution in [3.63, 3.8) is 0 Å². The number of imidazole rings is 1. The van der Waals surface area contributed by atoms with Crippen LogP contribution in [0.2, 0.25) is 0 Å². The Labute approximate surface area is 112 Å². The van der Waals surface area contributed by atoms with Crippen molar-refractivity contribution in [3.8, 4) is 0 Å². The van der Waals surface area contributed by atoms with E-state index >= 15 is 0 Å². The summed E-state index contributed by atoms with van der Waals surface area (Å²) >= 11 is 3.38. The van der Waals surface area contributed by atoms with Gasteiger partial charge < -0.3 is 9.67 Å². The number of pyridine rings is 1. The molecule has 6 heteroatoms. The van der Waals surface area contributed by atoms with Crippen molar-refractivity contribution in [2.75, 3.05) is 0 Å². The lowest BCUT2D eigenvalue weighted by Gasteiger charge is -2.05. The van der Waals surface area contributed by atoms with Crippen LogP contribution in [0.5, 0.6) is 0 Å². The molecule has 0 unspecified atom stereocenters. The SMILES string of the molecule is O=C(O)CCn1c(C2CC2)nc2cc(Br)cnc21. The maximum Gasteiger partial charge on any atom is 0.305 e. The Kier molecular flexibility index (Phi) is 2.81. The zero-order valence-corrected chi connectivity index (χ0v) is 11.2. The average Bonchev–Trinajstić information content (AvgIpc) is 3.09. The quantitative estimate of drug-likeness (QED) is 0.942. The second-order valence-electron chi connectivity index (χ2n) is 4.54. The lowest BCUT2D eigenvalue weighted by atomic mass is 10.3. The largest absolute Gasteiger partial charge is 0.481 e. The Balaban J connectivity index is 2.06. The van der Waals surface area contributed by atoms with Crippen LogP contribution < -0.4 is 0 Å². The summed E-state index contributed by atoms with van der Waals surface area (Å²) in [4.78, 5) is 19.7. The summed E-state index contributed by atoms with van der Waals surface area (Å²) in [5.74, 6) is 0.666. The summed E-state index contributed by atoms with van der Waals surface area (Å²) in [5, 5.41) is 8.81. The number of carboxylic acids is 1. The summed E-state index contributed by atoms with van der Waals surface area (Å²) < 4.78 is 2.84. The molecule has 2 aromatic rings. The molecular formula is C12H12BrN3O2. The van der Waals surface area contributed by atoms with Gasteiger partial charge in [0.05, 0.1) is 6.42 Å². The number of fused-ring (bicyclic) bond motifs is 1. The zero-order valence-electron chi connectivity index (χ0n) is 9.64. The number of aliphatic carboxylic acids is 1. The van der Waals surface area contributed by atoms with E-state index in [1.54, 1.807) is 6.20 Å². The van der Waals surface area contributed by atoms with Crippen LogP contribution in [0.3, 0.4) is 0 Å². The molecule has 1 fully saturated rings. The number of hydrogen-bond donors (Lipinski definition) is 1. The van der Waals surface area contributed by atoms with Gasteiger partial charge >= 0.3 is 5.97 Å². The van der Waals surface area contributed by atoms with Gasteiger partial charge in [-0.1, -0.05) is 0 Å². The van der Waals surface area contributed by atoms with Crippen molar-refractivity contribution >= 4 is 33.1 Å². The van der Waals surface area contributed by atoms with E-state index in [4.69, 9.17) is 5.11 Å². The van der Waals surface area contributed by atoms with E-state index in [2.05, 4.69) is 25.9 Å². The van der Waals surface area contributed by atoms with Gasteiger partial charge in [0, 0.05) is 23.1 Å². The molecule has 3 rings (SSSR count). The molecule has 94 valence electrons. The van der Waals surface area contributed by atoms with Crippen LogP contribution in [0.1, 0.15) is 31.0 Å². The minimum absolute atomic E-state index is 0.100. The van der Waals surface area contributed by atoms with Gasteiger partial charge in [0.15, 0.2) is 5.65 Å². The number of carbonyl (C=O) groups is 1. The minimum atomic E-state index is -0.796. The van der Waals surface area contributed by atoms with Crippen molar-refractivity contribution in [1.82, 2.24) is 14.5 Å². The highest BCUT2D eigenvalue weighted by molar-refractivity contribution is 9.10. The zero-order chi connectivity index (χ0) is 12.7. The predicted octanol–water partition coefficient (Wildman–Crippen LogP) is 2.55. The topological polar surface area (TPSA) is 68.0 Å². The Morgan fingerprint density at radius 3 is 3.00 bits per heavy atom. The van der Waals surface area contributed by atoms with Crippen LogP contribution >= 0.6 is 15.9 Å². The third-order valence-corrected chi connectivity index (χ3v) is 3.51. The van der Waals surface area contributed by atoms with Crippen molar-refractivity contribution in [1.29, 1.82) is 0 Å². The Morgan fingerprint density at radius 2 is 2.33 bits per heavy atom. The highest BCUT2D eigenvalue weighted by atomic mass is 79.9. The van der Waals surface area contributed by atoms with Gasteiger partial charge in [0.2, 0.25) is 0 Å². The molecule has 0 radical (unpaired) electrons. The maximum absolute atomic E-state index is 10.7. The van der Waals surface area contributed by atoms with Gasteiger partial charge in [-0.25, -0.2) is 9.97 Å². The number of halogens is 1. The maximum atomic E-state index is 10.7. The molecule has 1 aliphatic carbocycles. The first-order valence-electron chi connectivity index (χ1n) is 5.88. The number of aromatic nitrogens is 3. The third-order valence-electron chi connectivity index (χ3n) is 3.07. The molecule has 0 saturated heterocycles. The van der Waals surface area contributed by atoms with Gasteiger partial charge in [0.1, 0.15) is 11.3 Å². The fraction of sp³-hybridized carbons (Fsp3) is 0.417. The van der Waals surface area contributed by atoms with E-state index in [0.717, 1.165) is 34.3 Å². The molecule has 1 aliphatic rings. The van der Waals surface area contributed by atoms with E-state index in [1.165, 1.54) is 0 Å². The molecular weight excluding hydrogens is 298 g/mol. The highest BCUT2D eigenvalue weighted by Gasteiger charge is 2.30. The van der Waals surface area contributed by atoms with E-state index in [1.807, 2.05) is 10.6 Å². The fourth-order valence-electron chi connectivity index (χ4n) is 2.08. The fourth-order valence-corrected chi connectivity index (χ4v) is 2.40. The third kappa shape index (κ3) is 2.12. The van der Waals surface area contributed by atoms with Crippen LogP contribution in [0.15, 0.2) is 16.7 Å². The summed E-state index contributed by atoms with van der Waals surface area (Å²) in [6.07, 6.45) is 4.09. The van der Waals surface area contributed by atoms with Crippen LogP contribution in [0.25, 0.3) is 11.2 Å². The smallest absolute Gasteiger partial charge is 0.305 e. The number of carboxylic acid groups (broad SMARTS) is 1. The number of nitrogens with zero attached hydrogens (tertiary/aromatic N) is 3. The summed E-state index contributed by atoms with van der Waals surface area (Å²) in [7, 11) is 0. The molecule has 0 spiro atoms. The Hall–Kier alpha value is -1.43.